The first kappa shape index (κ1) is 12.0. The van der Waals surface area contributed by atoms with Gasteiger partial charge in [-0.15, -0.1) is 5.10 Å². The number of hydrogen-bond donors (Lipinski definition) is 1. The van der Waals surface area contributed by atoms with E-state index >= 15 is 0 Å². The van der Waals surface area contributed by atoms with Crippen molar-refractivity contribution in [3.8, 4) is 0 Å². The summed E-state index contributed by atoms with van der Waals surface area (Å²) in [4.78, 5) is 4.17. The summed E-state index contributed by atoms with van der Waals surface area (Å²) in [6.45, 7) is 3.22. The molecule has 0 radical (unpaired) electrons. The molecule has 2 heterocycles. The number of aryl methyl sites for hydroxylation is 1. The van der Waals surface area contributed by atoms with Crippen LogP contribution in [0.1, 0.15) is 12.7 Å². The Hall–Kier alpha value is -1.48. The molecule has 9 heteroatoms. The van der Waals surface area contributed by atoms with Gasteiger partial charge in [-0.2, -0.15) is 5.10 Å². The summed E-state index contributed by atoms with van der Waals surface area (Å²) in [6.07, 6.45) is 1.54. The molecule has 0 aromatic carbocycles. The van der Waals surface area contributed by atoms with Crippen LogP contribution < -0.4 is 0 Å². The molecule has 8 nitrogen and oxygen atoms in total. The SMILES string of the molecule is CCn1ncnc1CSc1nnnn1CCO. The van der Waals surface area contributed by atoms with Crippen LogP contribution >= 0.6 is 11.8 Å². The van der Waals surface area contributed by atoms with E-state index in [4.69, 9.17) is 5.11 Å². The zero-order valence-corrected chi connectivity index (χ0v) is 10.2. The Morgan fingerprint density at radius 3 is 3.06 bits per heavy atom. The van der Waals surface area contributed by atoms with E-state index < -0.39 is 0 Å². The van der Waals surface area contributed by atoms with Crippen molar-refractivity contribution in [2.75, 3.05) is 6.61 Å². The van der Waals surface area contributed by atoms with Gasteiger partial charge in [0.2, 0.25) is 5.16 Å². The van der Waals surface area contributed by atoms with Crippen LogP contribution in [-0.4, -0.2) is 46.7 Å². The number of hydrogen-bond acceptors (Lipinski definition) is 7. The maximum Gasteiger partial charge on any atom is 0.209 e. The summed E-state index contributed by atoms with van der Waals surface area (Å²) >= 11 is 1.47. The van der Waals surface area contributed by atoms with Crippen LogP contribution in [-0.2, 0) is 18.8 Å². The van der Waals surface area contributed by atoms with Crippen LogP contribution in [0.15, 0.2) is 11.5 Å². The lowest BCUT2D eigenvalue weighted by atomic mass is 10.6. The molecule has 0 aliphatic rings. The Morgan fingerprint density at radius 2 is 2.29 bits per heavy atom. The first-order chi connectivity index (χ1) is 8.35. The highest BCUT2D eigenvalue weighted by molar-refractivity contribution is 7.98. The number of thioether (sulfide) groups is 1. The molecule has 1 N–H and O–H groups in total. The Labute approximate surface area is 102 Å². The predicted molar refractivity (Wildman–Crippen MR) is 60.2 cm³/mol. The number of rotatable bonds is 6. The van der Waals surface area contributed by atoms with Crippen molar-refractivity contribution < 1.29 is 5.11 Å². The molecule has 0 aliphatic carbocycles. The van der Waals surface area contributed by atoms with Gasteiger partial charge >= 0.3 is 0 Å². The van der Waals surface area contributed by atoms with Crippen molar-refractivity contribution in [2.24, 2.45) is 0 Å². The standard InChI is InChI=1S/C8H13N7OS/c1-2-14-7(9-6-10-14)5-17-8-11-12-13-15(8)3-4-16/h6,16H,2-5H2,1H3. The van der Waals surface area contributed by atoms with E-state index in [0.29, 0.717) is 17.5 Å². The van der Waals surface area contributed by atoms with Gasteiger partial charge in [0.15, 0.2) is 0 Å². The Balaban J connectivity index is 1.99. The van der Waals surface area contributed by atoms with E-state index in [-0.39, 0.29) is 6.61 Å². The monoisotopic (exact) mass is 255 g/mol. The normalized spacial score (nSPS) is 10.9. The molecule has 2 rings (SSSR count). The van der Waals surface area contributed by atoms with Crippen molar-refractivity contribution in [3.63, 3.8) is 0 Å². The first-order valence-corrected chi connectivity index (χ1v) is 6.20. The number of nitrogens with zero attached hydrogens (tertiary/aromatic N) is 7. The van der Waals surface area contributed by atoms with Crippen molar-refractivity contribution in [1.82, 2.24) is 35.0 Å². The lowest BCUT2D eigenvalue weighted by Crippen LogP contribution is -2.06. The molecule has 0 atom stereocenters. The van der Waals surface area contributed by atoms with Gasteiger partial charge < -0.3 is 5.11 Å². The van der Waals surface area contributed by atoms with Gasteiger partial charge in [0, 0.05) is 6.54 Å². The van der Waals surface area contributed by atoms with Gasteiger partial charge in [0.05, 0.1) is 18.9 Å². The Kier molecular flexibility index (Phi) is 4.04. The maximum atomic E-state index is 8.84. The van der Waals surface area contributed by atoms with Crippen LogP contribution in [0.5, 0.6) is 0 Å². The molecule has 0 fully saturated rings. The molecule has 92 valence electrons. The zero-order valence-electron chi connectivity index (χ0n) is 9.39. The van der Waals surface area contributed by atoms with E-state index in [1.165, 1.54) is 18.1 Å². The summed E-state index contributed by atoms with van der Waals surface area (Å²) in [5.41, 5.74) is 0. The molecular formula is C8H13N7OS. The summed E-state index contributed by atoms with van der Waals surface area (Å²) in [7, 11) is 0. The van der Waals surface area contributed by atoms with Crippen molar-refractivity contribution in [1.29, 1.82) is 0 Å². The summed E-state index contributed by atoms with van der Waals surface area (Å²) in [5, 5.41) is 24.8. The second-order valence-electron chi connectivity index (χ2n) is 3.19. The van der Waals surface area contributed by atoms with E-state index in [1.54, 1.807) is 4.68 Å². The first-order valence-electron chi connectivity index (χ1n) is 5.21. The fourth-order valence-electron chi connectivity index (χ4n) is 1.33. The van der Waals surface area contributed by atoms with E-state index in [2.05, 4.69) is 25.6 Å². The fourth-order valence-corrected chi connectivity index (χ4v) is 2.18. The number of tetrazole rings is 1. The summed E-state index contributed by atoms with van der Waals surface area (Å²) in [6, 6.07) is 0. The lowest BCUT2D eigenvalue weighted by Gasteiger charge is -2.03. The molecule has 0 spiro atoms. The third-order valence-corrected chi connectivity index (χ3v) is 3.09. The van der Waals surface area contributed by atoms with Crippen LogP contribution in [0.4, 0.5) is 0 Å². The molecule has 0 saturated carbocycles. The van der Waals surface area contributed by atoms with E-state index in [9.17, 15) is 0 Å². The smallest absolute Gasteiger partial charge is 0.209 e. The second kappa shape index (κ2) is 5.73. The molecule has 2 aromatic heterocycles. The van der Waals surface area contributed by atoms with Crippen LogP contribution in [0.2, 0.25) is 0 Å². The predicted octanol–water partition coefficient (Wildman–Crippen LogP) is -0.431. The molecule has 0 aliphatic heterocycles. The van der Waals surface area contributed by atoms with Gasteiger partial charge in [0.1, 0.15) is 12.2 Å². The zero-order chi connectivity index (χ0) is 12.1. The fraction of sp³-hybridized carbons (Fsp3) is 0.625. The number of aliphatic hydroxyl groups excluding tert-OH is 1. The molecule has 0 unspecified atom stereocenters. The van der Waals surface area contributed by atoms with Crippen LogP contribution in [0.3, 0.4) is 0 Å². The third kappa shape index (κ3) is 2.80. The minimum Gasteiger partial charge on any atom is -0.394 e. The molecule has 0 amide bonds. The minimum absolute atomic E-state index is 0.0176. The maximum absolute atomic E-state index is 8.84. The van der Waals surface area contributed by atoms with Gasteiger partial charge in [0.25, 0.3) is 0 Å². The van der Waals surface area contributed by atoms with Gasteiger partial charge in [-0.25, -0.2) is 14.3 Å². The van der Waals surface area contributed by atoms with E-state index in [0.717, 1.165) is 12.4 Å². The summed E-state index contributed by atoms with van der Waals surface area (Å²) in [5.74, 6) is 1.54. The van der Waals surface area contributed by atoms with Crippen LogP contribution in [0.25, 0.3) is 0 Å². The van der Waals surface area contributed by atoms with E-state index in [1.807, 2.05) is 11.6 Å². The largest absolute Gasteiger partial charge is 0.394 e. The highest BCUT2D eigenvalue weighted by Crippen LogP contribution is 2.18. The molecule has 0 bridgehead atoms. The highest BCUT2D eigenvalue weighted by atomic mass is 32.2. The molecular weight excluding hydrogens is 242 g/mol. The Morgan fingerprint density at radius 1 is 1.41 bits per heavy atom. The average Bonchev–Trinajstić information content (AvgIpc) is 2.95. The van der Waals surface area contributed by atoms with Crippen molar-refractivity contribution in [2.45, 2.75) is 30.9 Å². The Bertz CT molecular complexity index is 468. The van der Waals surface area contributed by atoms with Crippen LogP contribution in [0, 0.1) is 0 Å². The van der Waals surface area contributed by atoms with Crippen molar-refractivity contribution in [3.05, 3.63) is 12.2 Å². The van der Waals surface area contributed by atoms with Crippen molar-refractivity contribution >= 4 is 11.8 Å². The molecule has 0 saturated heterocycles. The molecule has 2 aromatic rings. The van der Waals surface area contributed by atoms with Gasteiger partial charge in [-0.05, 0) is 17.4 Å². The molecule has 17 heavy (non-hydrogen) atoms. The third-order valence-electron chi connectivity index (χ3n) is 2.14. The second-order valence-corrected chi connectivity index (χ2v) is 4.13. The quantitative estimate of drug-likeness (QED) is 0.700. The number of aliphatic hydroxyl groups is 1. The lowest BCUT2D eigenvalue weighted by molar-refractivity contribution is 0.262. The topological polar surface area (TPSA) is 94.5 Å². The highest BCUT2D eigenvalue weighted by Gasteiger charge is 2.09. The van der Waals surface area contributed by atoms with Gasteiger partial charge in [-0.1, -0.05) is 11.8 Å². The summed E-state index contributed by atoms with van der Waals surface area (Å²) < 4.78 is 3.39. The average molecular weight is 255 g/mol. The number of aromatic nitrogens is 7. The minimum atomic E-state index is 0.0176. The van der Waals surface area contributed by atoms with Gasteiger partial charge in [-0.3, -0.25) is 0 Å².